The van der Waals surface area contributed by atoms with Crippen LogP contribution in [0.25, 0.3) is 0 Å². The van der Waals surface area contributed by atoms with Crippen LogP contribution in [0.15, 0.2) is 127 Å². The fraction of sp³-hybridized carbons (Fsp3) is 0.205. The maximum Gasteiger partial charge on any atom is 0.417 e. The normalized spacial score (nSPS) is 11.3. The van der Waals surface area contributed by atoms with Crippen LogP contribution in [0.5, 0.6) is 5.75 Å². The van der Waals surface area contributed by atoms with Gasteiger partial charge in [0.05, 0.1) is 27.9 Å². The third kappa shape index (κ3) is 10.4. The molecule has 0 aromatic heterocycles. The molecule has 5 rings (SSSR count). The maximum absolute atomic E-state index is 13.7. The molecule has 0 aliphatic rings. The number of hydrogen-bond acceptors (Lipinski definition) is 3. The molecule has 11 heteroatoms. The van der Waals surface area contributed by atoms with Crippen LogP contribution in [0.1, 0.15) is 34.6 Å². The molecule has 0 aliphatic heterocycles. The molecule has 0 atom stereocenters. The summed E-state index contributed by atoms with van der Waals surface area (Å²) in [5.41, 5.74) is 2.89. The Labute approximate surface area is 307 Å². The second-order valence-electron chi connectivity index (χ2n) is 11.6. The number of nitrogens with zero attached hydrogens (tertiary/aromatic N) is 2. The number of rotatable bonds is 13. The van der Waals surface area contributed by atoms with Gasteiger partial charge in [0, 0.05) is 44.4 Å². The van der Waals surface area contributed by atoms with Crippen molar-refractivity contribution in [3.63, 3.8) is 0 Å². The minimum atomic E-state index is -4.56. The number of urea groups is 1. The number of hydrogen-bond donors (Lipinski definition) is 1. The Hall–Kier alpha value is -4.21. The summed E-state index contributed by atoms with van der Waals surface area (Å²) in [6.07, 6.45) is -3.97. The Morgan fingerprint density at radius 3 is 2.08 bits per heavy atom. The lowest BCUT2D eigenvalue weighted by Gasteiger charge is -2.29. The maximum atomic E-state index is 13.7. The number of ether oxygens (including phenoxy) is 1. The van der Waals surface area contributed by atoms with Gasteiger partial charge in [-0.05, 0) is 53.4 Å². The summed E-state index contributed by atoms with van der Waals surface area (Å²) in [4.78, 5) is 16.5. The largest absolute Gasteiger partial charge is 0.493 e. The third-order valence-electron chi connectivity index (χ3n) is 8.14. The Morgan fingerprint density at radius 2 is 1.44 bits per heavy atom. The predicted octanol–water partition coefficient (Wildman–Crippen LogP) is 11.2. The van der Waals surface area contributed by atoms with E-state index < -0.39 is 11.7 Å². The van der Waals surface area contributed by atoms with Crippen molar-refractivity contribution in [2.24, 2.45) is 0 Å². The summed E-state index contributed by atoms with van der Waals surface area (Å²) in [6, 6.07) is 38.0. The Morgan fingerprint density at radius 1 is 0.820 bits per heavy atom. The number of para-hydroxylation sites is 1. The first-order valence-corrected chi connectivity index (χ1v) is 16.5. The number of halogens is 6. The van der Waals surface area contributed by atoms with E-state index in [0.717, 1.165) is 17.2 Å². The summed E-state index contributed by atoms with van der Waals surface area (Å²) in [7, 11) is 1.65. The molecule has 0 bridgehead atoms. The first kappa shape index (κ1) is 38.6. The topological polar surface area (TPSA) is 44.8 Å². The highest BCUT2D eigenvalue weighted by Crippen LogP contribution is 2.37. The molecule has 0 radical (unpaired) electrons. The zero-order valence-electron chi connectivity index (χ0n) is 27.2. The van der Waals surface area contributed by atoms with Crippen molar-refractivity contribution in [1.82, 2.24) is 4.90 Å². The van der Waals surface area contributed by atoms with Crippen molar-refractivity contribution < 1.29 is 22.7 Å². The van der Waals surface area contributed by atoms with Gasteiger partial charge in [-0.15, -0.1) is 12.4 Å². The van der Waals surface area contributed by atoms with Gasteiger partial charge in [0.2, 0.25) is 0 Å². The Kier molecular flexibility index (Phi) is 14.0. The van der Waals surface area contributed by atoms with Crippen LogP contribution in [0.2, 0.25) is 10.0 Å². The van der Waals surface area contributed by atoms with E-state index in [1.165, 1.54) is 11.0 Å². The molecule has 0 saturated carbocycles. The van der Waals surface area contributed by atoms with Crippen molar-refractivity contribution in [1.29, 1.82) is 0 Å². The van der Waals surface area contributed by atoms with Gasteiger partial charge in [-0.1, -0.05) is 114 Å². The minimum Gasteiger partial charge on any atom is -0.493 e. The number of nitrogens with one attached hydrogen (secondary N) is 1. The summed E-state index contributed by atoms with van der Waals surface area (Å²) >= 11 is 12.6. The molecule has 0 spiro atoms. The molecule has 0 aliphatic carbocycles. The molecule has 50 heavy (non-hydrogen) atoms. The first-order valence-electron chi connectivity index (χ1n) is 15.8. The van der Waals surface area contributed by atoms with Crippen LogP contribution in [0.4, 0.5) is 29.3 Å². The molecule has 0 fully saturated rings. The molecule has 5 aromatic carbocycles. The van der Waals surface area contributed by atoms with E-state index in [1.54, 1.807) is 55.6 Å². The highest BCUT2D eigenvalue weighted by molar-refractivity contribution is 6.33. The summed E-state index contributed by atoms with van der Waals surface area (Å²) in [5.74, 6) is 0.547. The van der Waals surface area contributed by atoms with E-state index in [4.69, 9.17) is 27.9 Å². The zero-order chi connectivity index (χ0) is 34.8. The number of carbonyl (C=O) groups is 1. The second kappa shape index (κ2) is 18.2. The van der Waals surface area contributed by atoms with Crippen LogP contribution >= 0.6 is 35.6 Å². The van der Waals surface area contributed by atoms with Crippen LogP contribution in [0.3, 0.4) is 0 Å². The van der Waals surface area contributed by atoms with Gasteiger partial charge in [-0.2, -0.15) is 13.2 Å². The Bertz CT molecular complexity index is 1790. The quantitative estimate of drug-likeness (QED) is 0.122. The second-order valence-corrected chi connectivity index (χ2v) is 12.3. The summed E-state index contributed by atoms with van der Waals surface area (Å²) in [6.45, 7) is 1.64. The fourth-order valence-corrected chi connectivity index (χ4v) is 6.04. The number of alkyl halides is 3. The number of benzene rings is 5. The van der Waals surface area contributed by atoms with Gasteiger partial charge >= 0.3 is 12.2 Å². The lowest BCUT2D eigenvalue weighted by Crippen LogP contribution is -2.31. The average molecular weight is 743 g/mol. The predicted molar refractivity (Wildman–Crippen MR) is 199 cm³/mol. The number of anilines is 2. The van der Waals surface area contributed by atoms with E-state index in [9.17, 15) is 18.0 Å². The van der Waals surface area contributed by atoms with Crippen molar-refractivity contribution >= 4 is 53.0 Å². The Balaban J connectivity index is 0.00000562. The van der Waals surface area contributed by atoms with Crippen LogP contribution in [-0.4, -0.2) is 37.7 Å². The van der Waals surface area contributed by atoms with Gasteiger partial charge in [-0.3, -0.25) is 9.80 Å². The van der Waals surface area contributed by atoms with E-state index in [0.29, 0.717) is 53.8 Å². The van der Waals surface area contributed by atoms with Crippen LogP contribution in [-0.2, 0) is 12.7 Å². The smallest absolute Gasteiger partial charge is 0.417 e. The summed E-state index contributed by atoms with van der Waals surface area (Å²) in [5, 5.41) is 2.95. The van der Waals surface area contributed by atoms with Crippen molar-refractivity contribution in [3.05, 3.63) is 160 Å². The highest BCUT2D eigenvalue weighted by atomic mass is 35.5. The lowest BCUT2D eigenvalue weighted by molar-refractivity contribution is -0.137. The molecule has 0 saturated heterocycles. The van der Waals surface area contributed by atoms with Crippen molar-refractivity contribution in [3.8, 4) is 5.75 Å². The first-order chi connectivity index (χ1) is 23.6. The molecular formula is C39H37Cl3F3N3O2. The van der Waals surface area contributed by atoms with Crippen LogP contribution < -0.4 is 15.0 Å². The van der Waals surface area contributed by atoms with Crippen molar-refractivity contribution in [2.75, 3.05) is 37.0 Å². The van der Waals surface area contributed by atoms with Gasteiger partial charge in [0.25, 0.3) is 0 Å². The fourth-order valence-electron chi connectivity index (χ4n) is 5.57. The minimum absolute atomic E-state index is 0. The zero-order valence-corrected chi connectivity index (χ0v) is 29.6. The average Bonchev–Trinajstić information content (AvgIpc) is 3.10. The standard InChI is InChI=1S/C39H36Cl2F3N3O2.ClH/c1-46(38(48)45-36-22-9-8-21-35(36)40)31-18-11-19-32(25-31)49-24-12-23-47(26-30-17-10-20-34(37(30)41)39(42,43)44)27-33(28-13-4-2-5-14-28)29-15-6-3-7-16-29;/h2-11,13-22,25,33H,12,23-24,26-27H2,1H3,(H,45,48);1H. The van der Waals surface area contributed by atoms with E-state index in [1.807, 2.05) is 42.5 Å². The molecular weight excluding hydrogens is 706 g/mol. The van der Waals surface area contributed by atoms with E-state index in [-0.39, 0.29) is 35.9 Å². The lowest BCUT2D eigenvalue weighted by atomic mass is 9.90. The van der Waals surface area contributed by atoms with E-state index in [2.05, 4.69) is 34.5 Å². The molecule has 0 heterocycles. The molecule has 262 valence electrons. The monoisotopic (exact) mass is 741 g/mol. The molecule has 1 N–H and O–H groups in total. The van der Waals surface area contributed by atoms with Gasteiger partial charge in [0.15, 0.2) is 0 Å². The molecule has 5 aromatic rings. The highest BCUT2D eigenvalue weighted by Gasteiger charge is 2.34. The van der Waals surface area contributed by atoms with Crippen LogP contribution in [0, 0.1) is 0 Å². The number of carbonyl (C=O) groups excluding carboxylic acids is 1. The van der Waals surface area contributed by atoms with Gasteiger partial charge in [0.1, 0.15) is 5.75 Å². The molecule has 5 nitrogen and oxygen atoms in total. The van der Waals surface area contributed by atoms with E-state index >= 15 is 0 Å². The van der Waals surface area contributed by atoms with Gasteiger partial charge < -0.3 is 10.1 Å². The SMILES string of the molecule is CN(C(=O)Nc1ccccc1Cl)c1cccc(OCCCN(Cc2cccc(C(F)(F)F)c2Cl)CC(c2ccccc2)c2ccccc2)c1.Cl. The number of amides is 2. The molecule has 0 unspecified atom stereocenters. The summed E-state index contributed by atoms with van der Waals surface area (Å²) < 4.78 is 47.3. The molecule has 2 amide bonds. The third-order valence-corrected chi connectivity index (χ3v) is 8.91. The van der Waals surface area contributed by atoms with Crippen molar-refractivity contribution in [2.45, 2.75) is 25.1 Å². The van der Waals surface area contributed by atoms with Gasteiger partial charge in [-0.25, -0.2) is 4.79 Å².